The molecule has 0 N–H and O–H groups in total. The van der Waals surface area contributed by atoms with Crippen molar-refractivity contribution in [3.05, 3.63) is 58.1 Å². The van der Waals surface area contributed by atoms with Gasteiger partial charge >= 0.3 is 5.97 Å². The minimum Gasteiger partial charge on any atom is -0.491 e. The van der Waals surface area contributed by atoms with E-state index in [2.05, 4.69) is 25.0 Å². The van der Waals surface area contributed by atoms with Crippen LogP contribution in [0.25, 0.3) is 21.6 Å². The van der Waals surface area contributed by atoms with Crippen molar-refractivity contribution in [1.29, 1.82) is 0 Å². The molecular weight excluding hydrogens is 438 g/mol. The Kier molecular flexibility index (Phi) is 6.40. The molecule has 2 aromatic heterocycles. The van der Waals surface area contributed by atoms with E-state index in [0.717, 1.165) is 5.56 Å². The van der Waals surface area contributed by atoms with Gasteiger partial charge in [-0.2, -0.15) is 0 Å². The Morgan fingerprint density at radius 2 is 2.09 bits per heavy atom. The lowest BCUT2D eigenvalue weighted by Crippen LogP contribution is -2.34. The summed E-state index contributed by atoms with van der Waals surface area (Å²) in [6.45, 7) is 3.50. The number of hydrogen-bond donors (Lipinski definition) is 0. The summed E-state index contributed by atoms with van der Waals surface area (Å²) in [5.41, 5.74) is 10.8. The van der Waals surface area contributed by atoms with Gasteiger partial charge in [-0.25, -0.2) is 15.0 Å². The van der Waals surface area contributed by atoms with E-state index in [0.29, 0.717) is 16.9 Å². The molecule has 0 amide bonds. The zero-order valence-corrected chi connectivity index (χ0v) is 18.1. The first-order valence-electron chi connectivity index (χ1n) is 9.84. The van der Waals surface area contributed by atoms with Gasteiger partial charge in [0.05, 0.1) is 6.33 Å². The Bertz CT molecular complexity index is 1160. The summed E-state index contributed by atoms with van der Waals surface area (Å²) in [5.74, 6) is -0.284. The number of ether oxygens (including phenoxy) is 3. The Morgan fingerprint density at radius 1 is 1.31 bits per heavy atom. The molecule has 32 heavy (non-hydrogen) atoms. The molecule has 0 spiro atoms. The summed E-state index contributed by atoms with van der Waals surface area (Å²) >= 11 is 6.12. The predicted molar refractivity (Wildman–Crippen MR) is 114 cm³/mol. The van der Waals surface area contributed by atoms with Crippen LogP contribution in [0.4, 0.5) is 0 Å². The fourth-order valence-electron chi connectivity index (χ4n) is 3.68. The molecule has 1 aliphatic rings. The summed E-state index contributed by atoms with van der Waals surface area (Å²) < 4.78 is 19.4. The van der Waals surface area contributed by atoms with Crippen LogP contribution in [0.15, 0.2) is 42.0 Å². The Balaban J connectivity index is 1.66. The highest BCUT2D eigenvalue weighted by atomic mass is 35.5. The number of imidazole rings is 1. The quantitative estimate of drug-likeness (QED) is 0.173. The number of azide groups is 1. The minimum absolute atomic E-state index is 0.0508. The van der Waals surface area contributed by atoms with Gasteiger partial charge < -0.3 is 14.2 Å². The van der Waals surface area contributed by atoms with Crippen LogP contribution in [0.1, 0.15) is 18.7 Å². The second-order valence-electron chi connectivity index (χ2n) is 7.33. The number of aryl methyl sites for hydroxylation is 1. The molecule has 1 fully saturated rings. The van der Waals surface area contributed by atoms with Crippen LogP contribution in [-0.2, 0) is 14.3 Å². The third-order valence-electron chi connectivity index (χ3n) is 5.18. The smallest absolute Gasteiger partial charge is 0.303 e. The monoisotopic (exact) mass is 457 g/mol. The number of hydrogen-bond acceptors (Lipinski definition) is 8. The van der Waals surface area contributed by atoms with Crippen molar-refractivity contribution in [3.8, 4) is 5.75 Å². The first-order valence-corrected chi connectivity index (χ1v) is 10.2. The van der Waals surface area contributed by atoms with E-state index in [1.54, 1.807) is 4.57 Å². The molecule has 0 unspecified atom stereocenters. The molecule has 3 heterocycles. The molecule has 1 saturated heterocycles. The maximum atomic E-state index is 11.9. The van der Waals surface area contributed by atoms with E-state index in [9.17, 15) is 4.79 Å². The maximum Gasteiger partial charge on any atom is 0.303 e. The number of fused-ring (bicyclic) bond motifs is 1. The number of benzene rings is 1. The van der Waals surface area contributed by atoms with Gasteiger partial charge in [-0.1, -0.05) is 34.4 Å². The van der Waals surface area contributed by atoms with E-state index in [-0.39, 0.29) is 18.3 Å². The van der Waals surface area contributed by atoms with Crippen molar-refractivity contribution < 1.29 is 19.0 Å². The molecule has 0 radical (unpaired) electrons. The summed E-state index contributed by atoms with van der Waals surface area (Å²) in [4.78, 5) is 27.2. The third-order valence-corrected chi connectivity index (χ3v) is 5.45. The Hall–Kier alpha value is -3.40. The van der Waals surface area contributed by atoms with Crippen LogP contribution < -0.4 is 4.74 Å². The topological polar surface area (TPSA) is 137 Å². The second kappa shape index (κ2) is 9.39. The number of carbonyl (C=O) groups excluding carboxylic acids is 1. The van der Waals surface area contributed by atoms with Crippen LogP contribution in [0, 0.1) is 12.8 Å². The fourth-order valence-corrected chi connectivity index (χ4v) is 3.86. The van der Waals surface area contributed by atoms with Crippen molar-refractivity contribution in [3.63, 3.8) is 0 Å². The minimum atomic E-state index is -0.777. The molecule has 0 saturated carbocycles. The summed E-state index contributed by atoms with van der Waals surface area (Å²) in [7, 11) is 0. The highest BCUT2D eigenvalue weighted by Gasteiger charge is 2.48. The first-order chi connectivity index (χ1) is 15.5. The van der Waals surface area contributed by atoms with Crippen LogP contribution in [0.3, 0.4) is 0 Å². The van der Waals surface area contributed by atoms with Gasteiger partial charge in [0.15, 0.2) is 23.1 Å². The number of aromatic nitrogens is 4. The van der Waals surface area contributed by atoms with E-state index >= 15 is 0 Å². The average Bonchev–Trinajstić information content (AvgIpc) is 3.34. The van der Waals surface area contributed by atoms with Crippen molar-refractivity contribution in [2.45, 2.75) is 32.3 Å². The average molecular weight is 458 g/mol. The number of nitrogens with zero attached hydrogens (tertiary/aromatic N) is 7. The highest BCUT2D eigenvalue weighted by molar-refractivity contribution is 6.33. The molecule has 4 rings (SSSR count). The fraction of sp³-hybridized carbons (Fsp3) is 0.400. The zero-order valence-electron chi connectivity index (χ0n) is 17.3. The van der Waals surface area contributed by atoms with Gasteiger partial charge in [-0.3, -0.25) is 9.36 Å². The van der Waals surface area contributed by atoms with Crippen molar-refractivity contribution in [2.24, 2.45) is 11.0 Å². The third kappa shape index (κ3) is 4.45. The molecule has 3 aromatic rings. The Morgan fingerprint density at radius 3 is 2.81 bits per heavy atom. The molecule has 1 aromatic carbocycles. The van der Waals surface area contributed by atoms with E-state index < -0.39 is 30.3 Å². The summed E-state index contributed by atoms with van der Waals surface area (Å²) in [5, 5.41) is 3.90. The van der Waals surface area contributed by atoms with E-state index in [1.807, 2.05) is 31.2 Å². The molecule has 12 heteroatoms. The van der Waals surface area contributed by atoms with Crippen LogP contribution in [0.5, 0.6) is 5.75 Å². The molecule has 166 valence electrons. The van der Waals surface area contributed by atoms with Gasteiger partial charge in [0, 0.05) is 24.3 Å². The van der Waals surface area contributed by atoms with Crippen molar-refractivity contribution >= 4 is 28.7 Å². The van der Waals surface area contributed by atoms with Crippen LogP contribution in [0.2, 0.25) is 5.15 Å². The van der Waals surface area contributed by atoms with Crippen LogP contribution in [-0.4, -0.2) is 50.8 Å². The maximum absolute atomic E-state index is 11.9. The first kappa shape index (κ1) is 21.8. The number of rotatable bonds is 7. The molecule has 1 aliphatic heterocycles. The standard InChI is InChI=1S/C20H20ClN7O4/c1-11-3-5-13(6-4-11)30-8-15-14(7-26-27-22)17(31-12(2)29)20(32-15)28-10-25-16-18(21)23-9-24-19(16)28/h3-6,9-10,14-15,17,20H,7-8H2,1-2H3/t14-,15-,17-,20-/m1/s1. The van der Waals surface area contributed by atoms with Crippen molar-refractivity contribution in [2.75, 3.05) is 13.2 Å². The SMILES string of the molecule is CC(=O)O[C@@H]1[C@H](CN=[N+]=[N-])[C@@H](COc2ccc(C)cc2)O[C@H]1n1cnc2c(Cl)ncnc21. The molecular formula is C20H20ClN7O4. The lowest BCUT2D eigenvalue weighted by Gasteiger charge is -2.23. The largest absolute Gasteiger partial charge is 0.491 e. The van der Waals surface area contributed by atoms with Gasteiger partial charge in [-0.15, -0.1) is 0 Å². The number of carbonyl (C=O) groups is 1. The lowest BCUT2D eigenvalue weighted by atomic mass is 9.98. The predicted octanol–water partition coefficient (Wildman–Crippen LogP) is 3.62. The second-order valence-corrected chi connectivity index (χ2v) is 7.69. The molecule has 4 atom stereocenters. The Labute approximate surface area is 187 Å². The van der Waals surface area contributed by atoms with Gasteiger partial charge in [0.1, 0.15) is 30.3 Å². The van der Waals surface area contributed by atoms with Crippen molar-refractivity contribution in [1.82, 2.24) is 19.5 Å². The molecule has 0 aliphatic carbocycles. The van der Waals surface area contributed by atoms with E-state index in [1.165, 1.54) is 19.6 Å². The van der Waals surface area contributed by atoms with Gasteiger partial charge in [-0.05, 0) is 24.6 Å². The normalized spacial score (nSPS) is 22.5. The van der Waals surface area contributed by atoms with Crippen LogP contribution >= 0.6 is 11.6 Å². The van der Waals surface area contributed by atoms with Gasteiger partial charge in [0.2, 0.25) is 0 Å². The zero-order chi connectivity index (χ0) is 22.7. The van der Waals surface area contributed by atoms with Gasteiger partial charge in [0.25, 0.3) is 0 Å². The summed E-state index contributed by atoms with van der Waals surface area (Å²) in [6, 6.07) is 7.59. The highest BCUT2D eigenvalue weighted by Crippen LogP contribution is 2.38. The molecule has 11 nitrogen and oxygen atoms in total. The lowest BCUT2D eigenvalue weighted by molar-refractivity contribution is -0.153. The molecule has 0 bridgehead atoms. The number of halogens is 1. The summed E-state index contributed by atoms with van der Waals surface area (Å²) in [6.07, 6.45) is 0.732. The van der Waals surface area contributed by atoms with E-state index in [4.69, 9.17) is 31.3 Å². The number of esters is 1.